The van der Waals surface area contributed by atoms with E-state index in [0.29, 0.717) is 5.47 Å². The summed E-state index contributed by atoms with van der Waals surface area (Å²) >= 11 is 0. The molecule has 23 heavy (non-hydrogen) atoms. The fourth-order valence-corrected chi connectivity index (χ4v) is 2.27. The van der Waals surface area contributed by atoms with Gasteiger partial charge >= 0.3 is 13.1 Å². The fourth-order valence-electron chi connectivity index (χ4n) is 2.27. The standard InChI is InChI=1S/C15H22BN3O4/c1-14(2)15(3,4)23-16(22-14)9-7-10(13(20)21-6)12(19-18-5)11(17)8-9/h7-8,17-18H,1-6H3/b17-11?,19-12-. The Hall–Kier alpha value is -1.93. The normalized spacial score (nSPS) is 24.3. The van der Waals surface area contributed by atoms with Crippen molar-refractivity contribution >= 4 is 24.5 Å². The van der Waals surface area contributed by atoms with Crippen LogP contribution in [0.25, 0.3) is 0 Å². The van der Waals surface area contributed by atoms with E-state index in [0.717, 1.165) is 0 Å². The lowest BCUT2D eigenvalue weighted by atomic mass is 9.73. The van der Waals surface area contributed by atoms with Gasteiger partial charge in [-0.3, -0.25) is 5.41 Å². The first-order valence-electron chi connectivity index (χ1n) is 7.34. The van der Waals surface area contributed by atoms with Crippen LogP contribution >= 0.6 is 0 Å². The van der Waals surface area contributed by atoms with Gasteiger partial charge in [0.2, 0.25) is 0 Å². The molecule has 1 saturated heterocycles. The number of hydrogen-bond acceptors (Lipinski definition) is 7. The van der Waals surface area contributed by atoms with Gasteiger partial charge in [0.15, 0.2) is 0 Å². The Kier molecular flexibility index (Phi) is 4.50. The molecule has 7 nitrogen and oxygen atoms in total. The molecule has 0 bridgehead atoms. The summed E-state index contributed by atoms with van der Waals surface area (Å²) in [6.07, 6.45) is 3.19. The summed E-state index contributed by atoms with van der Waals surface area (Å²) in [5.41, 5.74) is 2.69. The average Bonchev–Trinajstić information content (AvgIpc) is 2.68. The van der Waals surface area contributed by atoms with E-state index in [-0.39, 0.29) is 17.0 Å². The minimum absolute atomic E-state index is 0.0898. The summed E-state index contributed by atoms with van der Waals surface area (Å²) in [5, 5.41) is 12.1. The van der Waals surface area contributed by atoms with Crippen molar-refractivity contribution in [2.75, 3.05) is 14.2 Å². The van der Waals surface area contributed by atoms with Crippen LogP contribution in [0.2, 0.25) is 0 Å². The first-order chi connectivity index (χ1) is 10.6. The topological polar surface area (TPSA) is 93.0 Å². The van der Waals surface area contributed by atoms with Gasteiger partial charge in [0.1, 0.15) is 5.71 Å². The molecule has 0 unspecified atom stereocenters. The number of methoxy groups -OCH3 is 1. The Morgan fingerprint density at radius 1 is 1.26 bits per heavy atom. The van der Waals surface area contributed by atoms with Crippen molar-refractivity contribution in [1.29, 1.82) is 5.41 Å². The molecule has 1 aliphatic carbocycles. The summed E-state index contributed by atoms with van der Waals surface area (Å²) in [7, 11) is 2.23. The lowest BCUT2D eigenvalue weighted by molar-refractivity contribution is -0.135. The highest BCUT2D eigenvalue weighted by molar-refractivity contribution is 6.63. The molecule has 1 fully saturated rings. The molecule has 0 aromatic heterocycles. The number of esters is 1. The number of carbonyl (C=O) groups excluding carboxylic acids is 1. The summed E-state index contributed by atoms with van der Waals surface area (Å²) in [6.45, 7) is 7.78. The van der Waals surface area contributed by atoms with Gasteiger partial charge in [-0.25, -0.2) is 4.79 Å². The minimum Gasteiger partial charge on any atom is -0.465 e. The van der Waals surface area contributed by atoms with Gasteiger partial charge in [0.25, 0.3) is 0 Å². The third kappa shape index (κ3) is 3.09. The predicted octanol–water partition coefficient (Wildman–Crippen LogP) is 1.25. The molecular weight excluding hydrogens is 297 g/mol. The highest BCUT2D eigenvalue weighted by atomic mass is 16.7. The molecule has 0 saturated carbocycles. The largest absolute Gasteiger partial charge is 0.494 e. The van der Waals surface area contributed by atoms with Crippen molar-refractivity contribution < 1.29 is 18.8 Å². The minimum atomic E-state index is -0.656. The van der Waals surface area contributed by atoms with Gasteiger partial charge in [-0.15, -0.1) is 0 Å². The molecule has 2 rings (SSSR count). The van der Waals surface area contributed by atoms with Gasteiger partial charge in [-0.2, -0.15) is 5.10 Å². The molecule has 0 radical (unpaired) electrons. The molecule has 0 amide bonds. The average molecular weight is 319 g/mol. The zero-order chi connectivity index (χ0) is 17.4. The highest BCUT2D eigenvalue weighted by Crippen LogP contribution is 2.39. The first kappa shape index (κ1) is 17.4. The Bertz CT molecular complexity index is 619. The number of ether oxygens (including phenoxy) is 1. The zero-order valence-corrected chi connectivity index (χ0v) is 14.3. The lowest BCUT2D eigenvalue weighted by Gasteiger charge is -2.32. The maximum absolute atomic E-state index is 12.0. The van der Waals surface area contributed by atoms with Crippen molar-refractivity contribution in [2.45, 2.75) is 38.9 Å². The number of rotatable bonds is 3. The second kappa shape index (κ2) is 5.94. The molecule has 1 aliphatic heterocycles. The van der Waals surface area contributed by atoms with Crippen molar-refractivity contribution in [1.82, 2.24) is 5.43 Å². The molecule has 8 heteroatoms. The fraction of sp³-hybridized carbons (Fsp3) is 0.533. The quantitative estimate of drug-likeness (QED) is 0.353. The third-order valence-corrected chi connectivity index (χ3v) is 4.29. The van der Waals surface area contributed by atoms with E-state index in [2.05, 4.69) is 10.5 Å². The SMILES string of the molecule is CN/N=C1\C(=N)C=C(B2OC(C)(C)C(C)(C)O2)C=C1C(=O)OC. The molecule has 0 atom stereocenters. The summed E-state index contributed by atoms with van der Waals surface area (Å²) in [4.78, 5) is 12.0. The Balaban J connectivity index is 2.40. The molecule has 0 spiro atoms. The number of nitrogens with zero attached hydrogens (tertiary/aromatic N) is 1. The number of hydrogen-bond donors (Lipinski definition) is 2. The second-order valence-electron chi connectivity index (χ2n) is 6.38. The second-order valence-corrected chi connectivity index (χ2v) is 6.38. The van der Waals surface area contributed by atoms with Gasteiger partial charge in [-0.1, -0.05) is 0 Å². The van der Waals surface area contributed by atoms with Crippen molar-refractivity contribution in [2.24, 2.45) is 5.10 Å². The Morgan fingerprint density at radius 2 is 1.83 bits per heavy atom. The van der Waals surface area contributed by atoms with Crippen molar-refractivity contribution in [3.8, 4) is 0 Å². The van der Waals surface area contributed by atoms with Crippen LogP contribution in [0.5, 0.6) is 0 Å². The number of nitrogens with one attached hydrogen (secondary N) is 2. The van der Waals surface area contributed by atoms with Crippen LogP contribution in [0, 0.1) is 5.41 Å². The van der Waals surface area contributed by atoms with Gasteiger partial charge in [0, 0.05) is 7.05 Å². The van der Waals surface area contributed by atoms with Crippen LogP contribution in [0.4, 0.5) is 0 Å². The molecule has 1 heterocycles. The van der Waals surface area contributed by atoms with E-state index < -0.39 is 24.3 Å². The van der Waals surface area contributed by atoms with E-state index in [4.69, 9.17) is 19.5 Å². The van der Waals surface area contributed by atoms with E-state index >= 15 is 0 Å². The summed E-state index contributed by atoms with van der Waals surface area (Å²) in [5.74, 6) is -0.564. The molecule has 0 aromatic rings. The van der Waals surface area contributed by atoms with Crippen LogP contribution in [0.15, 0.2) is 28.3 Å². The number of allylic oxidation sites excluding steroid dienone is 3. The van der Waals surface area contributed by atoms with E-state index in [1.54, 1.807) is 19.2 Å². The number of hydrazone groups is 1. The summed E-state index contributed by atoms with van der Waals surface area (Å²) < 4.78 is 16.7. The highest BCUT2D eigenvalue weighted by Gasteiger charge is 2.52. The van der Waals surface area contributed by atoms with Crippen LogP contribution in [-0.4, -0.2) is 49.9 Å². The lowest BCUT2D eigenvalue weighted by Crippen LogP contribution is -2.41. The smallest absolute Gasteiger partial charge is 0.465 e. The Labute approximate surface area is 136 Å². The monoisotopic (exact) mass is 319 g/mol. The summed E-state index contributed by atoms with van der Waals surface area (Å²) in [6, 6.07) is 0. The molecule has 124 valence electrons. The van der Waals surface area contributed by atoms with Crippen LogP contribution in [0.3, 0.4) is 0 Å². The van der Waals surface area contributed by atoms with Gasteiger partial charge in [0.05, 0.1) is 29.6 Å². The van der Waals surface area contributed by atoms with Crippen LogP contribution < -0.4 is 5.43 Å². The maximum atomic E-state index is 12.0. The molecular formula is C15H22BN3O4. The predicted molar refractivity (Wildman–Crippen MR) is 88.5 cm³/mol. The van der Waals surface area contributed by atoms with Gasteiger partial charge in [-0.05, 0) is 45.3 Å². The van der Waals surface area contributed by atoms with Crippen molar-refractivity contribution in [3.05, 3.63) is 23.2 Å². The molecule has 2 N–H and O–H groups in total. The van der Waals surface area contributed by atoms with Crippen molar-refractivity contribution in [3.63, 3.8) is 0 Å². The maximum Gasteiger partial charge on any atom is 0.494 e. The van der Waals surface area contributed by atoms with Gasteiger partial charge < -0.3 is 19.5 Å². The van der Waals surface area contributed by atoms with E-state index in [1.807, 2.05) is 27.7 Å². The molecule has 0 aromatic carbocycles. The zero-order valence-electron chi connectivity index (χ0n) is 14.3. The first-order valence-corrected chi connectivity index (χ1v) is 7.34. The van der Waals surface area contributed by atoms with E-state index in [9.17, 15) is 4.79 Å². The third-order valence-electron chi connectivity index (χ3n) is 4.29. The van der Waals surface area contributed by atoms with Crippen LogP contribution in [0.1, 0.15) is 27.7 Å². The molecule has 2 aliphatic rings. The Morgan fingerprint density at radius 3 is 2.30 bits per heavy atom. The van der Waals surface area contributed by atoms with E-state index in [1.165, 1.54) is 7.11 Å². The number of carbonyl (C=O) groups is 1. The van der Waals surface area contributed by atoms with Crippen LogP contribution in [-0.2, 0) is 18.8 Å².